The Morgan fingerprint density at radius 2 is 1.69 bits per heavy atom. The molecular formula is C49H56FN5O11S. The minimum atomic E-state index is -3.93. The van der Waals surface area contributed by atoms with Crippen LogP contribution in [0.25, 0.3) is 11.1 Å². The topological polar surface area (TPSA) is 231 Å². The lowest BCUT2D eigenvalue weighted by molar-refractivity contribution is -0.145. The predicted molar refractivity (Wildman–Crippen MR) is 250 cm³/mol. The lowest BCUT2D eigenvalue weighted by Gasteiger charge is -2.28. The Bertz CT molecular complexity index is 2520. The molecule has 2 amide bonds. The molecule has 0 saturated carbocycles. The molecule has 1 aliphatic rings. The van der Waals surface area contributed by atoms with Gasteiger partial charge in [0.1, 0.15) is 45.7 Å². The van der Waals surface area contributed by atoms with E-state index in [-0.39, 0.29) is 53.4 Å². The summed E-state index contributed by atoms with van der Waals surface area (Å²) in [6, 6.07) is 21.5. The van der Waals surface area contributed by atoms with E-state index in [9.17, 15) is 37.5 Å². The van der Waals surface area contributed by atoms with Gasteiger partial charge in [0, 0.05) is 36.4 Å². The molecule has 1 aliphatic heterocycles. The Morgan fingerprint density at radius 1 is 0.925 bits per heavy atom. The fourth-order valence-electron chi connectivity index (χ4n) is 7.30. The van der Waals surface area contributed by atoms with Gasteiger partial charge in [-0.3, -0.25) is 9.59 Å². The van der Waals surface area contributed by atoms with Gasteiger partial charge in [-0.25, -0.2) is 14.2 Å². The molecule has 356 valence electrons. The summed E-state index contributed by atoms with van der Waals surface area (Å²) >= 11 is 0. The number of carbonyl (C=O) groups is 3. The number of fused-ring (bicyclic) bond motifs is 1. The summed E-state index contributed by atoms with van der Waals surface area (Å²) < 4.78 is 66.3. The molecule has 0 fully saturated rings. The van der Waals surface area contributed by atoms with Crippen LogP contribution in [0.3, 0.4) is 0 Å². The number of carbonyl (C=O) groups excluding carboxylic acids is 3. The number of pyridine rings is 1. The number of hydrogen-bond acceptors (Lipinski definition) is 14. The summed E-state index contributed by atoms with van der Waals surface area (Å²) in [7, 11) is -3.93. The van der Waals surface area contributed by atoms with Crippen LogP contribution in [-0.2, 0) is 40.1 Å². The van der Waals surface area contributed by atoms with E-state index in [1.807, 2.05) is 25.1 Å². The van der Waals surface area contributed by atoms with Crippen LogP contribution in [-0.4, -0.2) is 80.0 Å². The van der Waals surface area contributed by atoms with Gasteiger partial charge < -0.3 is 48.3 Å². The van der Waals surface area contributed by atoms with E-state index in [4.69, 9.17) is 18.9 Å². The Labute approximate surface area is 390 Å². The van der Waals surface area contributed by atoms with Gasteiger partial charge in [0.15, 0.2) is 11.9 Å². The van der Waals surface area contributed by atoms with Gasteiger partial charge >= 0.3 is 5.97 Å². The molecule has 0 saturated heterocycles. The molecule has 0 aliphatic carbocycles. The highest BCUT2D eigenvalue weighted by molar-refractivity contribution is 8.19. The van der Waals surface area contributed by atoms with Crippen molar-refractivity contribution in [3.8, 4) is 34.1 Å². The molecular weight excluding hydrogens is 886 g/mol. The zero-order valence-electron chi connectivity index (χ0n) is 37.6. The van der Waals surface area contributed by atoms with E-state index in [0.29, 0.717) is 85.7 Å². The van der Waals surface area contributed by atoms with E-state index in [2.05, 4.69) is 32.8 Å². The number of esters is 1. The van der Waals surface area contributed by atoms with Gasteiger partial charge in [-0.15, -0.1) is 5.11 Å². The second-order valence-electron chi connectivity index (χ2n) is 15.8. The molecule has 4 aromatic carbocycles. The van der Waals surface area contributed by atoms with Crippen molar-refractivity contribution >= 4 is 34.5 Å². The highest BCUT2D eigenvalue weighted by Crippen LogP contribution is 2.45. The Kier molecular flexibility index (Phi) is 17.6. The number of halogens is 1. The summed E-state index contributed by atoms with van der Waals surface area (Å²) in [4.78, 5) is 42.7. The minimum Gasteiger partial charge on any atom is -0.507 e. The van der Waals surface area contributed by atoms with Gasteiger partial charge in [-0.05, 0) is 104 Å². The van der Waals surface area contributed by atoms with Crippen LogP contribution in [0.1, 0.15) is 79.1 Å². The average Bonchev–Trinajstić information content (AvgIpc) is 3.32. The number of phenols is 1. The fourth-order valence-corrected chi connectivity index (χ4v) is 8.05. The normalized spacial score (nSPS) is 14.1. The van der Waals surface area contributed by atoms with E-state index in [1.165, 1.54) is 43.5 Å². The highest BCUT2D eigenvalue weighted by atomic mass is 32.3. The average molecular weight is 942 g/mol. The highest BCUT2D eigenvalue weighted by Gasteiger charge is 2.29. The van der Waals surface area contributed by atoms with Gasteiger partial charge in [-0.1, -0.05) is 56.7 Å². The number of aryl methyl sites for hydroxylation is 2. The molecule has 0 radical (unpaired) electrons. The third-order valence-corrected chi connectivity index (χ3v) is 11.8. The number of amides is 2. The zero-order valence-corrected chi connectivity index (χ0v) is 38.4. The summed E-state index contributed by atoms with van der Waals surface area (Å²) in [5, 5.41) is 24.2. The summed E-state index contributed by atoms with van der Waals surface area (Å²) in [6.07, 6.45) is 4.80. The maximum atomic E-state index is 13.5. The number of aromatic hydroxyl groups is 1. The first-order valence-electron chi connectivity index (χ1n) is 22.1. The van der Waals surface area contributed by atoms with E-state index in [0.717, 1.165) is 23.1 Å². The van der Waals surface area contributed by atoms with Gasteiger partial charge in [0.2, 0.25) is 0 Å². The monoisotopic (exact) mass is 941 g/mol. The van der Waals surface area contributed by atoms with E-state index in [1.54, 1.807) is 36.4 Å². The third kappa shape index (κ3) is 13.7. The van der Waals surface area contributed by atoms with Crippen molar-refractivity contribution in [2.75, 3.05) is 26.4 Å². The lowest BCUT2D eigenvalue weighted by Crippen LogP contribution is -2.41. The van der Waals surface area contributed by atoms with Crippen molar-refractivity contribution < 1.29 is 56.5 Å². The number of azo groups is 1. The smallest absolute Gasteiger partial charge is 0.328 e. The van der Waals surface area contributed by atoms with Crippen LogP contribution >= 0.6 is 10.9 Å². The summed E-state index contributed by atoms with van der Waals surface area (Å²) in [5.74, 6) is 0.310. The molecule has 2 unspecified atom stereocenters. The van der Waals surface area contributed by atoms with Crippen LogP contribution in [0.2, 0.25) is 0 Å². The van der Waals surface area contributed by atoms with Gasteiger partial charge in [0.05, 0.1) is 36.8 Å². The molecule has 0 spiro atoms. The first kappa shape index (κ1) is 49.8. The number of rotatable bonds is 22. The fraction of sp³-hybridized carbons (Fsp3) is 0.347. The molecule has 16 nitrogen and oxygen atoms in total. The number of phenolic OH excluding ortho intramolecular Hbond substituents is 1. The van der Waals surface area contributed by atoms with E-state index < -0.39 is 34.9 Å². The van der Waals surface area contributed by atoms with Crippen molar-refractivity contribution in [2.45, 2.75) is 89.3 Å². The molecule has 0 bridgehead atoms. The second kappa shape index (κ2) is 23.7. The number of benzene rings is 4. The maximum Gasteiger partial charge on any atom is 0.328 e. The minimum absolute atomic E-state index is 0.00897. The van der Waals surface area contributed by atoms with Crippen molar-refractivity contribution in [1.29, 1.82) is 0 Å². The van der Waals surface area contributed by atoms with Crippen LogP contribution in [0.5, 0.6) is 23.0 Å². The number of aromatic nitrogens is 1. The number of hydrogen-bond donors (Lipinski definition) is 6. The molecule has 1 aromatic heterocycles. The maximum absolute atomic E-state index is 13.5. The number of nitrogens with one attached hydrogen (secondary N) is 2. The van der Waals surface area contributed by atoms with Crippen molar-refractivity contribution in [1.82, 2.24) is 15.6 Å². The van der Waals surface area contributed by atoms with Gasteiger partial charge in [0.25, 0.3) is 11.8 Å². The van der Waals surface area contributed by atoms with Crippen LogP contribution in [0.15, 0.2) is 106 Å². The SMILES string of the molecule is CCCc1c(OCCCOc2cc(O)c(-c3ccc(F)cc3)cc2CC)ccc2c1OC(C(=O)NCCCOC(=O)C(C)NC(=O)c1ccc(N=NCc3ccccc3S(O)(O)O)nc1)CC2. The summed E-state index contributed by atoms with van der Waals surface area (Å²) in [5.41, 5.74) is 4.68. The molecule has 6 N–H and O–H groups in total. The van der Waals surface area contributed by atoms with Crippen molar-refractivity contribution in [3.05, 3.63) is 125 Å². The summed E-state index contributed by atoms with van der Waals surface area (Å²) in [6.45, 7) is 6.45. The molecule has 6 rings (SSSR count). The predicted octanol–water partition coefficient (Wildman–Crippen LogP) is 9.38. The molecule has 18 heteroatoms. The largest absolute Gasteiger partial charge is 0.507 e. The first-order valence-corrected chi connectivity index (χ1v) is 23.6. The molecule has 2 heterocycles. The third-order valence-electron chi connectivity index (χ3n) is 10.8. The lowest BCUT2D eigenvalue weighted by atomic mass is 9.96. The van der Waals surface area contributed by atoms with Crippen LogP contribution in [0.4, 0.5) is 10.2 Å². The quantitative estimate of drug-likeness (QED) is 0.0217. The molecule has 67 heavy (non-hydrogen) atoms. The van der Waals surface area contributed by atoms with Crippen LogP contribution in [0, 0.1) is 5.82 Å². The Hall–Kier alpha value is -6.60. The first-order chi connectivity index (χ1) is 32.2. The standard InChI is InChI=1S/C49H56FN5O11S/c1-4-10-38-41(63-25-9-26-64-43-28-40(56)39(27-32(43)5-2)33-13-18-37(50)19-14-33)20-15-34-16-21-42(66-46(34)38)48(58)51-23-8-24-65-49(59)31(3)54-47(57)36-17-22-45(52-29-36)55-53-30-35-11-6-7-12-44(35)67(60,61)62/h6-7,11-15,17-20,22,27-29,31,42,56,60-62H,4-5,8-10,16,21,23-26,30H2,1-3H3,(H,51,58)(H,54,57). The Morgan fingerprint density at radius 3 is 2.40 bits per heavy atom. The Balaban J connectivity index is 0.905. The number of nitrogens with zero attached hydrogens (tertiary/aromatic N) is 3. The zero-order chi connectivity index (χ0) is 47.9. The molecule has 5 aromatic rings. The van der Waals surface area contributed by atoms with Crippen molar-refractivity contribution in [2.24, 2.45) is 10.2 Å². The van der Waals surface area contributed by atoms with Gasteiger partial charge in [-0.2, -0.15) is 5.11 Å². The second-order valence-corrected chi connectivity index (χ2v) is 17.2. The van der Waals surface area contributed by atoms with Crippen LogP contribution < -0.4 is 24.8 Å². The van der Waals surface area contributed by atoms with E-state index >= 15 is 0 Å². The number of ether oxygens (including phenoxy) is 4. The van der Waals surface area contributed by atoms with Crippen molar-refractivity contribution in [3.63, 3.8) is 0 Å². The molecule has 2 atom stereocenters.